The molecular weight excluding hydrogens is 346 g/mol. The van der Waals surface area contributed by atoms with Crippen molar-refractivity contribution in [3.8, 4) is 11.5 Å². The third kappa shape index (κ3) is 4.47. The van der Waals surface area contributed by atoms with Gasteiger partial charge in [-0.25, -0.2) is 4.79 Å². The Hall–Kier alpha value is -3.28. The molecule has 0 fully saturated rings. The van der Waals surface area contributed by atoms with Crippen LogP contribution in [0.25, 0.3) is 11.0 Å². The van der Waals surface area contributed by atoms with Gasteiger partial charge in [-0.05, 0) is 43.7 Å². The van der Waals surface area contributed by atoms with Gasteiger partial charge in [-0.1, -0.05) is 12.1 Å². The lowest BCUT2D eigenvalue weighted by Gasteiger charge is -2.09. The lowest BCUT2D eigenvalue weighted by Crippen LogP contribution is -2.24. The molecule has 140 valence electrons. The molecule has 1 N–H and O–H groups in total. The summed E-state index contributed by atoms with van der Waals surface area (Å²) in [6, 6.07) is 13.8. The number of amides is 1. The first kappa shape index (κ1) is 18.5. The van der Waals surface area contributed by atoms with E-state index in [1.165, 1.54) is 6.07 Å². The minimum atomic E-state index is -0.581. The van der Waals surface area contributed by atoms with Crippen LogP contribution in [0.3, 0.4) is 0 Å². The number of benzene rings is 2. The molecule has 0 aliphatic carbocycles. The number of fused-ring (bicyclic) bond motifs is 1. The summed E-state index contributed by atoms with van der Waals surface area (Å²) >= 11 is 0. The zero-order chi connectivity index (χ0) is 19.2. The maximum absolute atomic E-state index is 12.6. The van der Waals surface area contributed by atoms with Crippen molar-refractivity contribution in [3.63, 3.8) is 0 Å². The normalized spacial score (nSPS) is 10.6. The quantitative estimate of drug-likeness (QED) is 0.647. The van der Waals surface area contributed by atoms with E-state index in [0.717, 1.165) is 11.3 Å². The number of rotatable bonds is 7. The summed E-state index contributed by atoms with van der Waals surface area (Å²) in [5, 5.41) is 3.39. The average Bonchev–Trinajstić information content (AvgIpc) is 2.67. The van der Waals surface area contributed by atoms with E-state index in [0.29, 0.717) is 36.5 Å². The van der Waals surface area contributed by atoms with Crippen molar-refractivity contribution in [1.29, 1.82) is 0 Å². The fraction of sp³-hybridized carbons (Fsp3) is 0.238. The highest BCUT2D eigenvalue weighted by Crippen LogP contribution is 2.23. The molecule has 6 heteroatoms. The van der Waals surface area contributed by atoms with Gasteiger partial charge in [-0.3, -0.25) is 4.79 Å². The molecule has 2 aromatic carbocycles. The van der Waals surface area contributed by atoms with E-state index in [9.17, 15) is 9.59 Å². The highest BCUT2D eigenvalue weighted by molar-refractivity contribution is 6.05. The number of hydrogen-bond donors (Lipinski definition) is 1. The van der Waals surface area contributed by atoms with Gasteiger partial charge in [-0.2, -0.15) is 0 Å². The Morgan fingerprint density at radius 3 is 2.33 bits per heavy atom. The molecule has 0 atom stereocenters. The SMILES string of the molecule is CCOc1ccc(CNC(=O)c2cc(=O)oc3cc(OCC)ccc23)cc1. The second-order valence-corrected chi connectivity index (χ2v) is 5.83. The number of hydrogen-bond acceptors (Lipinski definition) is 5. The van der Waals surface area contributed by atoms with Crippen LogP contribution in [-0.4, -0.2) is 19.1 Å². The molecule has 0 saturated heterocycles. The zero-order valence-electron chi connectivity index (χ0n) is 15.3. The fourth-order valence-corrected chi connectivity index (χ4v) is 2.74. The van der Waals surface area contributed by atoms with Crippen LogP contribution in [0.5, 0.6) is 11.5 Å². The van der Waals surface area contributed by atoms with Gasteiger partial charge in [-0.15, -0.1) is 0 Å². The number of carbonyl (C=O) groups is 1. The Morgan fingerprint density at radius 2 is 1.63 bits per heavy atom. The van der Waals surface area contributed by atoms with Gasteiger partial charge in [0.15, 0.2) is 0 Å². The predicted octanol–water partition coefficient (Wildman–Crippen LogP) is 3.52. The summed E-state index contributed by atoms with van der Waals surface area (Å²) in [6.45, 7) is 5.23. The molecule has 0 aliphatic heterocycles. The Kier molecular flexibility index (Phi) is 5.76. The van der Waals surface area contributed by atoms with Crippen LogP contribution in [0.4, 0.5) is 0 Å². The molecule has 6 nitrogen and oxygen atoms in total. The molecule has 0 saturated carbocycles. The maximum atomic E-state index is 12.6. The standard InChI is InChI=1S/C21H21NO5/c1-3-25-15-7-5-14(6-8-15)13-22-21(24)18-12-20(23)27-19-11-16(26-4-2)9-10-17(18)19/h5-12H,3-4,13H2,1-2H3,(H,22,24). The first-order valence-corrected chi connectivity index (χ1v) is 8.81. The van der Waals surface area contributed by atoms with Crippen molar-refractivity contribution in [2.75, 3.05) is 13.2 Å². The summed E-state index contributed by atoms with van der Waals surface area (Å²) in [5.74, 6) is 1.02. The predicted molar refractivity (Wildman–Crippen MR) is 102 cm³/mol. The van der Waals surface area contributed by atoms with E-state index in [1.807, 2.05) is 38.1 Å². The number of ether oxygens (including phenoxy) is 2. The van der Waals surface area contributed by atoms with Crippen molar-refractivity contribution in [2.24, 2.45) is 0 Å². The second-order valence-electron chi connectivity index (χ2n) is 5.83. The first-order chi connectivity index (χ1) is 13.1. The summed E-state index contributed by atoms with van der Waals surface area (Å²) in [4.78, 5) is 24.5. The van der Waals surface area contributed by atoms with Crippen LogP contribution in [0.2, 0.25) is 0 Å². The van der Waals surface area contributed by atoms with Gasteiger partial charge >= 0.3 is 5.63 Å². The maximum Gasteiger partial charge on any atom is 0.337 e. The van der Waals surface area contributed by atoms with Gasteiger partial charge in [0.05, 0.1) is 18.8 Å². The Balaban J connectivity index is 1.79. The molecule has 0 unspecified atom stereocenters. The monoisotopic (exact) mass is 367 g/mol. The fourth-order valence-electron chi connectivity index (χ4n) is 2.74. The van der Waals surface area contributed by atoms with Gasteiger partial charge in [0, 0.05) is 24.1 Å². The summed E-state index contributed by atoms with van der Waals surface area (Å²) in [5.41, 5.74) is 0.940. The van der Waals surface area contributed by atoms with Crippen LogP contribution in [-0.2, 0) is 6.54 Å². The highest BCUT2D eigenvalue weighted by Gasteiger charge is 2.14. The van der Waals surface area contributed by atoms with Crippen LogP contribution in [0.15, 0.2) is 57.7 Å². The Bertz CT molecular complexity index is 992. The van der Waals surface area contributed by atoms with Crippen molar-refractivity contribution >= 4 is 16.9 Å². The molecule has 0 aliphatic rings. The van der Waals surface area contributed by atoms with E-state index in [-0.39, 0.29) is 11.5 Å². The smallest absolute Gasteiger partial charge is 0.337 e. The van der Waals surface area contributed by atoms with E-state index >= 15 is 0 Å². The molecule has 0 bridgehead atoms. The molecule has 3 aromatic rings. The second kappa shape index (κ2) is 8.40. The zero-order valence-corrected chi connectivity index (χ0v) is 15.3. The average molecular weight is 367 g/mol. The lowest BCUT2D eigenvalue weighted by atomic mass is 10.1. The van der Waals surface area contributed by atoms with Crippen molar-refractivity contribution in [1.82, 2.24) is 5.32 Å². The molecule has 1 amide bonds. The van der Waals surface area contributed by atoms with E-state index in [4.69, 9.17) is 13.9 Å². The van der Waals surface area contributed by atoms with E-state index in [1.54, 1.807) is 18.2 Å². The summed E-state index contributed by atoms with van der Waals surface area (Å²) in [7, 11) is 0. The summed E-state index contributed by atoms with van der Waals surface area (Å²) < 4.78 is 16.0. The van der Waals surface area contributed by atoms with Gasteiger partial charge in [0.2, 0.25) is 0 Å². The van der Waals surface area contributed by atoms with Gasteiger partial charge < -0.3 is 19.2 Å². The Morgan fingerprint density at radius 1 is 0.963 bits per heavy atom. The van der Waals surface area contributed by atoms with Crippen LogP contribution in [0.1, 0.15) is 29.8 Å². The minimum Gasteiger partial charge on any atom is -0.494 e. The lowest BCUT2D eigenvalue weighted by molar-refractivity contribution is 0.0952. The van der Waals surface area contributed by atoms with Crippen molar-refractivity contribution < 1.29 is 18.7 Å². The van der Waals surface area contributed by atoms with Crippen molar-refractivity contribution in [2.45, 2.75) is 20.4 Å². The molecule has 27 heavy (non-hydrogen) atoms. The minimum absolute atomic E-state index is 0.273. The van der Waals surface area contributed by atoms with Crippen molar-refractivity contribution in [3.05, 3.63) is 70.1 Å². The molecule has 0 spiro atoms. The Labute approximate surface area is 156 Å². The van der Waals surface area contributed by atoms with Gasteiger partial charge in [0.1, 0.15) is 17.1 Å². The van der Waals surface area contributed by atoms with Crippen LogP contribution < -0.4 is 20.4 Å². The molecule has 1 aromatic heterocycles. The molecule has 3 rings (SSSR count). The van der Waals surface area contributed by atoms with E-state index < -0.39 is 5.63 Å². The topological polar surface area (TPSA) is 77.8 Å². The molecule has 0 radical (unpaired) electrons. The molecule has 1 heterocycles. The first-order valence-electron chi connectivity index (χ1n) is 8.81. The van der Waals surface area contributed by atoms with Crippen LogP contribution >= 0.6 is 0 Å². The highest BCUT2D eigenvalue weighted by atomic mass is 16.5. The molecular formula is C21H21NO5. The third-order valence-electron chi connectivity index (χ3n) is 3.96. The van der Waals surface area contributed by atoms with E-state index in [2.05, 4.69) is 5.32 Å². The number of nitrogens with one attached hydrogen (secondary N) is 1. The largest absolute Gasteiger partial charge is 0.494 e. The summed E-state index contributed by atoms with van der Waals surface area (Å²) in [6.07, 6.45) is 0. The third-order valence-corrected chi connectivity index (χ3v) is 3.96. The van der Waals surface area contributed by atoms with Crippen LogP contribution in [0, 0.1) is 0 Å². The number of carbonyl (C=O) groups excluding carboxylic acids is 1. The van der Waals surface area contributed by atoms with Gasteiger partial charge in [0.25, 0.3) is 5.91 Å².